The van der Waals surface area contributed by atoms with E-state index in [-0.39, 0.29) is 0 Å². The van der Waals surface area contributed by atoms with Crippen LogP contribution in [-0.2, 0) is 17.7 Å². The van der Waals surface area contributed by atoms with Gasteiger partial charge in [0.15, 0.2) is 0 Å². The first-order chi connectivity index (χ1) is 10.8. The summed E-state index contributed by atoms with van der Waals surface area (Å²) >= 11 is 5.97. The highest BCUT2D eigenvalue weighted by atomic mass is 35.5. The number of benzene rings is 1. The Morgan fingerprint density at radius 3 is 2.91 bits per heavy atom. The van der Waals surface area contributed by atoms with Crippen molar-refractivity contribution in [1.82, 2.24) is 10.1 Å². The quantitative estimate of drug-likeness (QED) is 0.867. The Morgan fingerprint density at radius 1 is 1.27 bits per heavy atom. The lowest BCUT2D eigenvalue weighted by Crippen LogP contribution is -2.36. The van der Waals surface area contributed by atoms with Crippen LogP contribution in [0.3, 0.4) is 0 Å². The average molecular weight is 319 g/mol. The van der Waals surface area contributed by atoms with Crippen molar-refractivity contribution in [3.63, 3.8) is 0 Å². The molecule has 3 heterocycles. The van der Waals surface area contributed by atoms with Gasteiger partial charge in [-0.25, -0.2) is 0 Å². The zero-order valence-corrected chi connectivity index (χ0v) is 13.2. The molecule has 0 radical (unpaired) electrons. The summed E-state index contributed by atoms with van der Waals surface area (Å²) in [6, 6.07) is 7.79. The SMILES string of the molecule is Clc1ccc(-c2noc3c2CN(CC2CCCO2)CC3)cc1. The van der Waals surface area contributed by atoms with E-state index in [2.05, 4.69) is 10.1 Å². The van der Waals surface area contributed by atoms with Crippen LogP contribution in [0.15, 0.2) is 28.8 Å². The van der Waals surface area contributed by atoms with Crippen molar-refractivity contribution >= 4 is 11.6 Å². The van der Waals surface area contributed by atoms with Gasteiger partial charge in [0, 0.05) is 48.8 Å². The fourth-order valence-corrected chi connectivity index (χ4v) is 3.46. The molecular weight excluding hydrogens is 300 g/mol. The fraction of sp³-hybridized carbons (Fsp3) is 0.471. The minimum Gasteiger partial charge on any atom is -0.377 e. The summed E-state index contributed by atoms with van der Waals surface area (Å²) in [5.41, 5.74) is 3.23. The third kappa shape index (κ3) is 2.78. The Labute approximate surface area is 135 Å². The summed E-state index contributed by atoms with van der Waals surface area (Å²) in [4.78, 5) is 2.45. The average Bonchev–Trinajstić information content (AvgIpc) is 3.17. The molecule has 0 amide bonds. The molecule has 1 aromatic heterocycles. The number of hydrogen-bond donors (Lipinski definition) is 0. The van der Waals surface area contributed by atoms with Crippen LogP contribution < -0.4 is 0 Å². The second-order valence-electron chi connectivity index (χ2n) is 6.06. The molecule has 116 valence electrons. The van der Waals surface area contributed by atoms with E-state index in [1.165, 1.54) is 18.4 Å². The van der Waals surface area contributed by atoms with Crippen molar-refractivity contribution in [1.29, 1.82) is 0 Å². The monoisotopic (exact) mass is 318 g/mol. The van der Waals surface area contributed by atoms with Crippen molar-refractivity contribution in [3.05, 3.63) is 40.6 Å². The van der Waals surface area contributed by atoms with Crippen molar-refractivity contribution in [2.45, 2.75) is 31.9 Å². The summed E-state index contributed by atoms with van der Waals surface area (Å²) in [5, 5.41) is 5.03. The highest BCUT2D eigenvalue weighted by molar-refractivity contribution is 6.30. The molecule has 1 fully saturated rings. The Balaban J connectivity index is 1.55. The van der Waals surface area contributed by atoms with Crippen LogP contribution in [0.4, 0.5) is 0 Å². The number of rotatable bonds is 3. The molecule has 0 aliphatic carbocycles. The molecule has 1 aromatic carbocycles. The van der Waals surface area contributed by atoms with Gasteiger partial charge in [0.05, 0.1) is 6.10 Å². The second-order valence-corrected chi connectivity index (χ2v) is 6.50. The summed E-state index contributed by atoms with van der Waals surface area (Å²) < 4.78 is 11.3. The fourth-order valence-electron chi connectivity index (χ4n) is 3.33. The highest BCUT2D eigenvalue weighted by Crippen LogP contribution is 2.31. The predicted molar refractivity (Wildman–Crippen MR) is 84.9 cm³/mol. The Kier molecular flexibility index (Phi) is 3.90. The summed E-state index contributed by atoms with van der Waals surface area (Å²) in [5.74, 6) is 1.02. The number of fused-ring (bicyclic) bond motifs is 1. The normalized spacial score (nSPS) is 22.0. The number of nitrogens with zero attached hydrogens (tertiary/aromatic N) is 2. The van der Waals surface area contributed by atoms with Gasteiger partial charge < -0.3 is 9.26 Å². The molecule has 1 atom stereocenters. The van der Waals surface area contributed by atoms with Crippen molar-refractivity contribution in [2.75, 3.05) is 19.7 Å². The van der Waals surface area contributed by atoms with Gasteiger partial charge >= 0.3 is 0 Å². The predicted octanol–water partition coefficient (Wildman–Crippen LogP) is 3.53. The molecule has 4 rings (SSSR count). The van der Waals surface area contributed by atoms with Crippen LogP contribution in [0.1, 0.15) is 24.2 Å². The number of hydrogen-bond acceptors (Lipinski definition) is 4. The van der Waals surface area contributed by atoms with E-state index in [0.29, 0.717) is 6.10 Å². The van der Waals surface area contributed by atoms with E-state index in [1.54, 1.807) is 0 Å². The molecule has 1 saturated heterocycles. The third-order valence-electron chi connectivity index (χ3n) is 4.51. The lowest BCUT2D eigenvalue weighted by atomic mass is 10.0. The first-order valence-corrected chi connectivity index (χ1v) is 8.25. The minimum absolute atomic E-state index is 0.389. The Bertz CT molecular complexity index is 647. The van der Waals surface area contributed by atoms with Crippen LogP contribution in [0.5, 0.6) is 0 Å². The third-order valence-corrected chi connectivity index (χ3v) is 4.76. The van der Waals surface area contributed by atoms with Crippen molar-refractivity contribution in [2.24, 2.45) is 0 Å². The van der Waals surface area contributed by atoms with Crippen molar-refractivity contribution < 1.29 is 9.26 Å². The lowest BCUT2D eigenvalue weighted by molar-refractivity contribution is 0.0676. The maximum atomic E-state index is 5.97. The molecule has 0 saturated carbocycles. The smallest absolute Gasteiger partial charge is 0.143 e. The standard InChI is InChI=1S/C17H19ClN2O2/c18-13-5-3-12(4-6-13)17-15-11-20(8-7-16(15)22-19-17)10-14-2-1-9-21-14/h3-6,14H,1-2,7-11H2. The van der Waals surface area contributed by atoms with E-state index < -0.39 is 0 Å². The topological polar surface area (TPSA) is 38.5 Å². The van der Waals surface area contributed by atoms with E-state index in [9.17, 15) is 0 Å². The van der Waals surface area contributed by atoms with E-state index in [4.69, 9.17) is 20.9 Å². The lowest BCUT2D eigenvalue weighted by Gasteiger charge is -2.28. The van der Waals surface area contributed by atoms with Crippen LogP contribution in [0.25, 0.3) is 11.3 Å². The second kappa shape index (κ2) is 6.03. The maximum absolute atomic E-state index is 5.97. The van der Waals surface area contributed by atoms with Crippen LogP contribution in [-0.4, -0.2) is 35.9 Å². The van der Waals surface area contributed by atoms with Gasteiger partial charge in [-0.15, -0.1) is 0 Å². The summed E-state index contributed by atoms with van der Waals surface area (Å²) in [7, 11) is 0. The molecule has 4 nitrogen and oxygen atoms in total. The summed E-state index contributed by atoms with van der Waals surface area (Å²) in [6.45, 7) is 3.82. The molecule has 5 heteroatoms. The molecule has 0 spiro atoms. The molecule has 0 bridgehead atoms. The first kappa shape index (κ1) is 14.2. The van der Waals surface area contributed by atoms with Crippen LogP contribution in [0, 0.1) is 0 Å². The van der Waals surface area contributed by atoms with Gasteiger partial charge in [0.2, 0.25) is 0 Å². The number of ether oxygens (including phenoxy) is 1. The minimum atomic E-state index is 0.389. The van der Waals surface area contributed by atoms with Crippen LogP contribution in [0.2, 0.25) is 5.02 Å². The molecule has 2 aliphatic rings. The number of halogens is 1. The molecule has 2 aromatic rings. The van der Waals surface area contributed by atoms with Crippen molar-refractivity contribution in [3.8, 4) is 11.3 Å². The van der Waals surface area contributed by atoms with E-state index in [0.717, 1.165) is 54.7 Å². The Morgan fingerprint density at radius 2 is 2.14 bits per heavy atom. The largest absolute Gasteiger partial charge is 0.377 e. The molecule has 2 aliphatic heterocycles. The Hall–Kier alpha value is -1.36. The van der Waals surface area contributed by atoms with E-state index in [1.807, 2.05) is 24.3 Å². The zero-order valence-electron chi connectivity index (χ0n) is 12.4. The molecule has 1 unspecified atom stereocenters. The van der Waals surface area contributed by atoms with Gasteiger partial charge in [-0.3, -0.25) is 4.90 Å². The maximum Gasteiger partial charge on any atom is 0.143 e. The zero-order chi connectivity index (χ0) is 14.9. The van der Waals surface area contributed by atoms with Gasteiger partial charge in [-0.05, 0) is 25.0 Å². The molecular formula is C17H19ClN2O2. The molecule has 22 heavy (non-hydrogen) atoms. The number of aromatic nitrogens is 1. The highest BCUT2D eigenvalue weighted by Gasteiger charge is 2.27. The van der Waals surface area contributed by atoms with E-state index >= 15 is 0 Å². The first-order valence-electron chi connectivity index (χ1n) is 7.87. The van der Waals surface area contributed by atoms with Crippen LogP contribution >= 0.6 is 11.6 Å². The van der Waals surface area contributed by atoms with Gasteiger partial charge in [-0.2, -0.15) is 0 Å². The van der Waals surface area contributed by atoms with Gasteiger partial charge in [0.25, 0.3) is 0 Å². The molecule has 0 N–H and O–H groups in total. The summed E-state index contributed by atoms with van der Waals surface area (Å²) in [6.07, 6.45) is 3.67. The van der Waals surface area contributed by atoms with Gasteiger partial charge in [0.1, 0.15) is 11.5 Å². The van der Waals surface area contributed by atoms with Gasteiger partial charge in [-0.1, -0.05) is 28.9 Å².